The van der Waals surface area contributed by atoms with E-state index in [1.807, 2.05) is 50.2 Å². The third kappa shape index (κ3) is 5.99. The van der Waals surface area contributed by atoms with Crippen molar-refractivity contribution in [1.82, 2.24) is 0 Å². The number of ketones is 1. The number of hydrogen-bond donors (Lipinski definition) is 3. The molecule has 3 aromatic rings. The number of anilines is 1. The molecule has 0 saturated carbocycles. The van der Waals surface area contributed by atoms with Crippen molar-refractivity contribution in [2.24, 2.45) is 0 Å². The quantitative estimate of drug-likeness (QED) is 0.541. The van der Waals surface area contributed by atoms with Crippen molar-refractivity contribution >= 4 is 17.6 Å². The molecule has 5 nitrogen and oxygen atoms in total. The molecular weight excluding hydrogens is 354 g/mol. The molecule has 0 atom stereocenters. The number of carbonyl (C=O) groups excluding carboxylic acids is 1. The summed E-state index contributed by atoms with van der Waals surface area (Å²) in [5.74, 6) is -0.0936. The predicted molar refractivity (Wildman–Crippen MR) is 110 cm³/mol. The lowest BCUT2D eigenvalue weighted by atomic mass is 10.0. The van der Waals surface area contributed by atoms with Crippen LogP contribution in [0.15, 0.2) is 72.8 Å². The van der Waals surface area contributed by atoms with E-state index in [4.69, 9.17) is 5.11 Å². The largest absolute Gasteiger partial charge is 0.507 e. The average molecular weight is 377 g/mol. The fraction of sp³-hybridized carbons (Fsp3) is 0.130. The Labute approximate surface area is 164 Å². The van der Waals surface area contributed by atoms with E-state index in [1.165, 1.54) is 0 Å². The van der Waals surface area contributed by atoms with Crippen molar-refractivity contribution in [3.63, 3.8) is 0 Å². The number of carboxylic acid groups (broad SMARTS) is 1. The second-order valence-corrected chi connectivity index (χ2v) is 6.20. The SMILES string of the molecule is CCc1ccc(C(=O)c2ccccc2)c(O)c1.Cc1ccc(NC(=O)O)cc1. The van der Waals surface area contributed by atoms with Gasteiger partial charge in [-0.25, -0.2) is 4.79 Å². The highest BCUT2D eigenvalue weighted by Gasteiger charge is 2.13. The van der Waals surface area contributed by atoms with Crippen LogP contribution in [0.4, 0.5) is 10.5 Å². The summed E-state index contributed by atoms with van der Waals surface area (Å²) in [6.45, 7) is 3.96. The first kappa shape index (κ1) is 20.7. The summed E-state index contributed by atoms with van der Waals surface area (Å²) in [6, 6.07) is 21.3. The Hall–Kier alpha value is -3.60. The number of amides is 1. The summed E-state index contributed by atoms with van der Waals surface area (Å²) >= 11 is 0. The molecule has 3 aromatic carbocycles. The molecule has 1 amide bonds. The molecular formula is C23H23NO4. The Morgan fingerprint density at radius 1 is 0.929 bits per heavy atom. The van der Waals surface area contributed by atoms with Crippen LogP contribution in [0.1, 0.15) is 34.0 Å². The number of rotatable bonds is 4. The Kier molecular flexibility index (Phi) is 7.34. The molecule has 0 spiro atoms. The maximum Gasteiger partial charge on any atom is 0.409 e. The molecule has 144 valence electrons. The third-order valence-electron chi connectivity index (χ3n) is 4.05. The minimum Gasteiger partial charge on any atom is -0.507 e. The third-order valence-corrected chi connectivity index (χ3v) is 4.05. The number of carbonyl (C=O) groups is 2. The predicted octanol–water partition coefficient (Wildman–Crippen LogP) is 5.27. The van der Waals surface area contributed by atoms with Crippen LogP contribution < -0.4 is 5.32 Å². The molecule has 3 rings (SSSR count). The maximum atomic E-state index is 12.1. The van der Waals surface area contributed by atoms with Gasteiger partial charge in [0.2, 0.25) is 0 Å². The molecule has 0 aliphatic carbocycles. The summed E-state index contributed by atoms with van der Waals surface area (Å²) in [4.78, 5) is 22.2. The van der Waals surface area contributed by atoms with E-state index in [0.29, 0.717) is 16.8 Å². The molecule has 0 saturated heterocycles. The van der Waals surface area contributed by atoms with E-state index in [0.717, 1.165) is 17.5 Å². The van der Waals surface area contributed by atoms with E-state index in [-0.39, 0.29) is 11.5 Å². The Balaban J connectivity index is 0.000000221. The van der Waals surface area contributed by atoms with Crippen molar-refractivity contribution in [3.8, 4) is 5.75 Å². The van der Waals surface area contributed by atoms with Crippen LogP contribution in [0.2, 0.25) is 0 Å². The van der Waals surface area contributed by atoms with Gasteiger partial charge >= 0.3 is 6.09 Å². The molecule has 0 bridgehead atoms. The minimum absolute atomic E-state index is 0.0539. The molecule has 0 unspecified atom stereocenters. The lowest BCUT2D eigenvalue weighted by Gasteiger charge is -2.05. The molecule has 0 heterocycles. The number of aryl methyl sites for hydroxylation is 2. The van der Waals surface area contributed by atoms with Gasteiger partial charge in [0.15, 0.2) is 5.78 Å². The molecule has 0 radical (unpaired) electrons. The normalized spacial score (nSPS) is 9.79. The fourth-order valence-electron chi connectivity index (χ4n) is 2.49. The second kappa shape index (κ2) is 9.92. The fourth-order valence-corrected chi connectivity index (χ4v) is 2.49. The number of benzene rings is 3. The number of hydrogen-bond acceptors (Lipinski definition) is 3. The summed E-state index contributed by atoms with van der Waals surface area (Å²) in [7, 11) is 0. The van der Waals surface area contributed by atoms with Crippen molar-refractivity contribution in [3.05, 3.63) is 95.1 Å². The van der Waals surface area contributed by atoms with Crippen molar-refractivity contribution < 1.29 is 19.8 Å². The van der Waals surface area contributed by atoms with Gasteiger partial charge < -0.3 is 10.2 Å². The summed E-state index contributed by atoms with van der Waals surface area (Å²) in [6.07, 6.45) is -0.193. The molecule has 0 fully saturated rings. The van der Waals surface area contributed by atoms with Gasteiger partial charge in [-0.05, 0) is 43.2 Å². The van der Waals surface area contributed by atoms with Gasteiger partial charge in [0.05, 0.1) is 5.56 Å². The van der Waals surface area contributed by atoms with Crippen LogP contribution in [0.5, 0.6) is 5.75 Å². The van der Waals surface area contributed by atoms with E-state index in [1.54, 1.807) is 36.4 Å². The number of nitrogens with one attached hydrogen (secondary N) is 1. The van der Waals surface area contributed by atoms with Gasteiger partial charge in [-0.1, -0.05) is 61.0 Å². The first-order valence-electron chi connectivity index (χ1n) is 8.89. The van der Waals surface area contributed by atoms with Gasteiger partial charge in [0.25, 0.3) is 0 Å². The standard InChI is InChI=1S/C15H14O2.C8H9NO2/c1-2-11-8-9-13(14(16)10-11)15(17)12-6-4-3-5-7-12;1-6-2-4-7(5-3-6)9-8(10)11/h3-10,16H,2H2,1H3;2-5,9H,1H3,(H,10,11). The van der Waals surface area contributed by atoms with Gasteiger partial charge in [-0.3, -0.25) is 10.1 Å². The molecule has 3 N–H and O–H groups in total. The molecule has 28 heavy (non-hydrogen) atoms. The Morgan fingerprint density at radius 3 is 2.11 bits per heavy atom. The number of phenolic OH excluding ortho intramolecular Hbond substituents is 1. The monoisotopic (exact) mass is 377 g/mol. The molecule has 0 aliphatic heterocycles. The molecule has 5 heteroatoms. The van der Waals surface area contributed by atoms with Crippen LogP contribution in [0, 0.1) is 6.92 Å². The molecule has 0 aromatic heterocycles. The maximum absolute atomic E-state index is 12.1. The number of phenols is 1. The highest BCUT2D eigenvalue weighted by molar-refractivity contribution is 6.10. The lowest BCUT2D eigenvalue weighted by molar-refractivity contribution is 0.103. The summed E-state index contributed by atoms with van der Waals surface area (Å²) < 4.78 is 0. The first-order chi connectivity index (χ1) is 13.4. The number of aromatic hydroxyl groups is 1. The van der Waals surface area contributed by atoms with Crippen LogP contribution in [0.3, 0.4) is 0 Å². The van der Waals surface area contributed by atoms with Crippen LogP contribution >= 0.6 is 0 Å². The van der Waals surface area contributed by atoms with E-state index < -0.39 is 6.09 Å². The summed E-state index contributed by atoms with van der Waals surface area (Å²) in [5.41, 5.74) is 3.68. The first-order valence-corrected chi connectivity index (χ1v) is 8.89. The lowest BCUT2D eigenvalue weighted by Crippen LogP contribution is -2.06. The van der Waals surface area contributed by atoms with Crippen LogP contribution in [-0.4, -0.2) is 22.1 Å². The zero-order chi connectivity index (χ0) is 20.5. The second-order valence-electron chi connectivity index (χ2n) is 6.20. The Morgan fingerprint density at radius 2 is 1.57 bits per heavy atom. The van der Waals surface area contributed by atoms with Gasteiger partial charge in [0.1, 0.15) is 5.75 Å². The smallest absolute Gasteiger partial charge is 0.409 e. The summed E-state index contributed by atoms with van der Waals surface area (Å²) in [5, 5.41) is 20.4. The van der Waals surface area contributed by atoms with Crippen molar-refractivity contribution in [1.29, 1.82) is 0 Å². The van der Waals surface area contributed by atoms with Crippen molar-refractivity contribution in [2.75, 3.05) is 5.32 Å². The topological polar surface area (TPSA) is 86.6 Å². The van der Waals surface area contributed by atoms with Crippen LogP contribution in [0.25, 0.3) is 0 Å². The van der Waals surface area contributed by atoms with Crippen LogP contribution in [-0.2, 0) is 6.42 Å². The van der Waals surface area contributed by atoms with Gasteiger partial charge in [0, 0.05) is 11.3 Å². The molecule has 0 aliphatic rings. The van der Waals surface area contributed by atoms with Crippen molar-refractivity contribution in [2.45, 2.75) is 20.3 Å². The minimum atomic E-state index is -1.03. The van der Waals surface area contributed by atoms with E-state index in [9.17, 15) is 14.7 Å². The highest BCUT2D eigenvalue weighted by Crippen LogP contribution is 2.22. The van der Waals surface area contributed by atoms with E-state index in [2.05, 4.69) is 5.32 Å². The zero-order valence-corrected chi connectivity index (χ0v) is 15.8. The Bertz CT molecular complexity index is 935. The highest BCUT2D eigenvalue weighted by atomic mass is 16.4. The average Bonchev–Trinajstić information content (AvgIpc) is 2.70. The zero-order valence-electron chi connectivity index (χ0n) is 15.8. The van der Waals surface area contributed by atoms with Gasteiger partial charge in [-0.2, -0.15) is 0 Å². The van der Waals surface area contributed by atoms with E-state index >= 15 is 0 Å². The van der Waals surface area contributed by atoms with Gasteiger partial charge in [-0.15, -0.1) is 0 Å².